The van der Waals surface area contributed by atoms with E-state index in [1.165, 1.54) is 12.5 Å². The van der Waals surface area contributed by atoms with Crippen LogP contribution in [0, 0.1) is 0 Å². The minimum Gasteiger partial charge on any atom is -0.459 e. The molecule has 2 amide bonds. The van der Waals surface area contributed by atoms with Crippen LogP contribution in [0.25, 0.3) is 0 Å². The lowest BCUT2D eigenvalue weighted by Crippen LogP contribution is -2.54. The van der Waals surface area contributed by atoms with E-state index < -0.39 is 6.03 Å². The van der Waals surface area contributed by atoms with Crippen LogP contribution >= 0.6 is 23.2 Å². The molecule has 2 aromatic carbocycles. The zero-order chi connectivity index (χ0) is 24.2. The molecule has 182 valence electrons. The zero-order valence-corrected chi connectivity index (χ0v) is 20.6. The van der Waals surface area contributed by atoms with Crippen molar-refractivity contribution >= 4 is 46.6 Å². The number of rotatable bonds is 6. The Morgan fingerprint density at radius 1 is 1.03 bits per heavy atom. The van der Waals surface area contributed by atoms with Gasteiger partial charge in [0, 0.05) is 56.2 Å². The van der Waals surface area contributed by atoms with Crippen molar-refractivity contribution in [2.75, 3.05) is 49.5 Å². The van der Waals surface area contributed by atoms with Gasteiger partial charge in [0.2, 0.25) is 0 Å². The molecule has 34 heavy (non-hydrogen) atoms. The highest BCUT2D eigenvalue weighted by atomic mass is 35.5. The van der Waals surface area contributed by atoms with Crippen molar-refractivity contribution in [3.05, 3.63) is 58.1 Å². The Bertz CT molecular complexity index is 1030. The normalized spacial score (nSPS) is 21.4. The van der Waals surface area contributed by atoms with Crippen LogP contribution in [0.3, 0.4) is 0 Å². The highest BCUT2D eigenvalue weighted by Crippen LogP contribution is 2.33. The molecule has 0 spiro atoms. The van der Waals surface area contributed by atoms with Crippen molar-refractivity contribution in [3.8, 4) is 0 Å². The summed E-state index contributed by atoms with van der Waals surface area (Å²) in [5.74, 6) is -0.301. The van der Waals surface area contributed by atoms with Crippen molar-refractivity contribution in [3.63, 3.8) is 0 Å². The fourth-order valence-electron chi connectivity index (χ4n) is 4.75. The maximum Gasteiger partial charge on any atom is 0.316 e. The number of carbonyl (C=O) groups excluding carboxylic acids is 2. The number of anilines is 2. The van der Waals surface area contributed by atoms with E-state index in [0.717, 1.165) is 43.4 Å². The van der Waals surface area contributed by atoms with Crippen LogP contribution in [0.4, 0.5) is 16.2 Å². The quantitative estimate of drug-likeness (QED) is 0.584. The number of carbonyl (C=O) groups is 2. The van der Waals surface area contributed by atoms with Crippen LogP contribution in [0.1, 0.15) is 12.5 Å². The SMILES string of the molecule is CC(=O)O[C@@H]1CN(c2ccc(Cl)cc2NC(N)=O)C[C@H]1N1CCN(Cc2ccc(Cl)cc2)CC1. The van der Waals surface area contributed by atoms with Gasteiger partial charge in [0.05, 0.1) is 24.0 Å². The second kappa shape index (κ2) is 10.8. The Balaban J connectivity index is 1.44. The molecule has 0 aromatic heterocycles. The standard InChI is InChI=1S/C24H29Cl2N5O3/c1-16(32)34-23-15-31(21-7-6-19(26)12-20(21)28-24(27)33)14-22(23)30-10-8-29(9-11-30)13-17-2-4-18(25)5-3-17/h2-7,12,22-23H,8-11,13-15H2,1H3,(H3,27,28,33)/t22-,23-/m1/s1. The highest BCUT2D eigenvalue weighted by molar-refractivity contribution is 6.31. The van der Waals surface area contributed by atoms with Gasteiger partial charge >= 0.3 is 12.0 Å². The molecular weight excluding hydrogens is 477 g/mol. The van der Waals surface area contributed by atoms with E-state index >= 15 is 0 Å². The van der Waals surface area contributed by atoms with Gasteiger partial charge in [-0.15, -0.1) is 0 Å². The minimum absolute atomic E-state index is 0.0405. The Morgan fingerprint density at radius 2 is 1.71 bits per heavy atom. The lowest BCUT2D eigenvalue weighted by atomic mass is 10.1. The highest BCUT2D eigenvalue weighted by Gasteiger charge is 2.40. The third-order valence-electron chi connectivity index (χ3n) is 6.31. The van der Waals surface area contributed by atoms with Gasteiger partial charge in [-0.05, 0) is 35.9 Å². The van der Waals surface area contributed by atoms with Gasteiger partial charge in [-0.3, -0.25) is 14.6 Å². The zero-order valence-electron chi connectivity index (χ0n) is 19.0. The number of nitrogens with two attached hydrogens (primary N) is 1. The van der Waals surface area contributed by atoms with Crippen LogP contribution in [-0.4, -0.2) is 73.2 Å². The predicted octanol–water partition coefficient (Wildman–Crippen LogP) is 3.42. The second-order valence-corrected chi connectivity index (χ2v) is 9.58. The first-order valence-corrected chi connectivity index (χ1v) is 12.0. The number of piperazine rings is 1. The first-order valence-electron chi connectivity index (χ1n) is 11.3. The summed E-state index contributed by atoms with van der Waals surface area (Å²) in [6.07, 6.45) is -0.280. The Morgan fingerprint density at radius 3 is 2.35 bits per heavy atom. The number of hydrogen-bond donors (Lipinski definition) is 2. The summed E-state index contributed by atoms with van der Waals surface area (Å²) in [7, 11) is 0. The van der Waals surface area contributed by atoms with Gasteiger partial charge in [0.1, 0.15) is 6.10 Å². The molecule has 0 bridgehead atoms. The average Bonchev–Trinajstić information content (AvgIpc) is 3.18. The lowest BCUT2D eigenvalue weighted by Gasteiger charge is -2.39. The third-order valence-corrected chi connectivity index (χ3v) is 6.79. The number of nitrogens with zero attached hydrogens (tertiary/aromatic N) is 3. The first kappa shape index (κ1) is 24.6. The van der Waals surface area contributed by atoms with Gasteiger partial charge < -0.3 is 20.7 Å². The van der Waals surface area contributed by atoms with Crippen molar-refractivity contribution in [2.24, 2.45) is 5.73 Å². The molecule has 0 unspecified atom stereocenters. The molecule has 8 nitrogen and oxygen atoms in total. The molecule has 2 aromatic rings. The van der Waals surface area contributed by atoms with Crippen molar-refractivity contribution < 1.29 is 14.3 Å². The first-order chi connectivity index (χ1) is 16.3. The number of nitrogens with one attached hydrogen (secondary N) is 1. The molecule has 0 aliphatic carbocycles. The molecule has 10 heteroatoms. The number of urea groups is 1. The van der Waals surface area contributed by atoms with E-state index in [1.54, 1.807) is 12.1 Å². The number of esters is 1. The van der Waals surface area contributed by atoms with Crippen molar-refractivity contribution in [1.82, 2.24) is 9.80 Å². The number of benzene rings is 2. The van der Waals surface area contributed by atoms with Crippen LogP contribution in [0.5, 0.6) is 0 Å². The van der Waals surface area contributed by atoms with Gasteiger partial charge in [-0.2, -0.15) is 0 Å². The molecule has 3 N–H and O–H groups in total. The number of hydrogen-bond acceptors (Lipinski definition) is 6. The van der Waals surface area contributed by atoms with Crippen molar-refractivity contribution in [1.29, 1.82) is 0 Å². The molecule has 4 rings (SSSR count). The van der Waals surface area contributed by atoms with E-state index in [2.05, 4.69) is 32.1 Å². The smallest absolute Gasteiger partial charge is 0.316 e. The average molecular weight is 506 g/mol. The molecule has 2 aliphatic heterocycles. The minimum atomic E-state index is -0.660. The Kier molecular flexibility index (Phi) is 7.83. The summed E-state index contributed by atoms with van der Waals surface area (Å²) in [4.78, 5) is 30.3. The van der Waals surface area contributed by atoms with Crippen LogP contribution in [-0.2, 0) is 16.1 Å². The number of halogens is 2. The van der Waals surface area contributed by atoms with E-state index in [4.69, 9.17) is 33.7 Å². The predicted molar refractivity (Wildman–Crippen MR) is 135 cm³/mol. The van der Waals surface area contributed by atoms with E-state index in [-0.39, 0.29) is 18.1 Å². The summed E-state index contributed by atoms with van der Waals surface area (Å²) in [6, 6.07) is 12.6. The summed E-state index contributed by atoms with van der Waals surface area (Å²) < 4.78 is 5.72. The molecule has 2 saturated heterocycles. The fraction of sp³-hybridized carbons (Fsp3) is 0.417. The molecular formula is C24H29Cl2N5O3. The molecule has 0 saturated carbocycles. The number of amides is 2. The van der Waals surface area contributed by atoms with E-state index in [0.29, 0.717) is 23.8 Å². The van der Waals surface area contributed by atoms with E-state index in [1.807, 2.05) is 18.2 Å². The maximum atomic E-state index is 11.8. The molecule has 2 atom stereocenters. The topological polar surface area (TPSA) is 91.1 Å². The van der Waals surface area contributed by atoms with Gasteiger partial charge in [0.25, 0.3) is 0 Å². The molecule has 2 heterocycles. The van der Waals surface area contributed by atoms with Crippen LogP contribution in [0.15, 0.2) is 42.5 Å². The maximum absolute atomic E-state index is 11.8. The molecule has 2 aliphatic rings. The van der Waals surface area contributed by atoms with Crippen LogP contribution in [0.2, 0.25) is 10.0 Å². The summed E-state index contributed by atoms with van der Waals surface area (Å²) >= 11 is 12.1. The van der Waals surface area contributed by atoms with Crippen molar-refractivity contribution in [2.45, 2.75) is 25.6 Å². The number of ether oxygens (including phenoxy) is 1. The van der Waals surface area contributed by atoms with Gasteiger partial charge in [-0.25, -0.2) is 4.79 Å². The molecule has 0 radical (unpaired) electrons. The molecule has 2 fully saturated rings. The van der Waals surface area contributed by atoms with Gasteiger partial charge in [0.15, 0.2) is 0 Å². The lowest BCUT2D eigenvalue weighted by molar-refractivity contribution is -0.148. The van der Waals surface area contributed by atoms with Crippen LogP contribution < -0.4 is 16.0 Å². The fourth-order valence-corrected chi connectivity index (χ4v) is 5.05. The summed E-state index contributed by atoms with van der Waals surface area (Å²) in [5.41, 5.74) is 7.92. The third kappa shape index (κ3) is 6.13. The summed E-state index contributed by atoms with van der Waals surface area (Å²) in [5, 5.41) is 3.89. The monoisotopic (exact) mass is 505 g/mol. The van der Waals surface area contributed by atoms with Gasteiger partial charge in [-0.1, -0.05) is 35.3 Å². The number of primary amides is 1. The Hall–Kier alpha value is -2.52. The second-order valence-electron chi connectivity index (χ2n) is 8.71. The largest absolute Gasteiger partial charge is 0.459 e. The Labute approximate surface area is 209 Å². The summed E-state index contributed by atoms with van der Waals surface area (Å²) in [6.45, 7) is 7.07. The van der Waals surface area contributed by atoms with E-state index in [9.17, 15) is 9.59 Å².